The van der Waals surface area contributed by atoms with Gasteiger partial charge in [-0.15, -0.1) is 0 Å². The van der Waals surface area contributed by atoms with E-state index < -0.39 is 5.97 Å². The molecule has 3 N–H and O–H groups in total. The summed E-state index contributed by atoms with van der Waals surface area (Å²) in [6, 6.07) is 22.3. The van der Waals surface area contributed by atoms with Gasteiger partial charge in [-0.3, -0.25) is 19.7 Å². The Balaban J connectivity index is 1.10. The predicted octanol–water partition coefficient (Wildman–Crippen LogP) is 6.59. The molecule has 1 fully saturated rings. The molecule has 1 atom stereocenters. The topological polar surface area (TPSA) is 153 Å². The number of carboxylic acids is 1. The molecule has 1 unspecified atom stereocenters. The second-order valence-corrected chi connectivity index (χ2v) is 12.9. The van der Waals surface area contributed by atoms with E-state index >= 15 is 0 Å². The Morgan fingerprint density at radius 1 is 1.08 bits per heavy atom. The molecule has 0 aliphatic carbocycles. The lowest BCUT2D eigenvalue weighted by atomic mass is 9.93. The Kier molecular flexibility index (Phi) is 7.93. The lowest BCUT2D eigenvalue weighted by molar-refractivity contribution is -0.141. The van der Waals surface area contributed by atoms with E-state index in [0.29, 0.717) is 54.4 Å². The SMILES string of the molecule is Cc1c(Nc2nccc3cc(C4=NCCN4)cnc23)cccc1-c1cccc(-c2nc3cc(CN4CCC(C(=O)O)C4)cc(C#N)c3o2)c1C. The van der Waals surface area contributed by atoms with Gasteiger partial charge in [-0.1, -0.05) is 24.3 Å². The van der Waals surface area contributed by atoms with Crippen molar-refractivity contribution in [1.29, 1.82) is 5.26 Å². The maximum Gasteiger partial charge on any atom is 0.307 e. The zero-order valence-electron chi connectivity index (χ0n) is 27.7. The van der Waals surface area contributed by atoms with Gasteiger partial charge in [0.2, 0.25) is 5.89 Å². The molecule has 6 aromatic rings. The number of likely N-dealkylation sites (tertiary alicyclic amines) is 1. The summed E-state index contributed by atoms with van der Waals surface area (Å²) < 4.78 is 6.27. The number of hydrogen-bond donors (Lipinski definition) is 3. The van der Waals surface area contributed by atoms with Crippen LogP contribution in [0.2, 0.25) is 0 Å². The third-order valence-electron chi connectivity index (χ3n) is 9.69. The molecule has 1 saturated heterocycles. The lowest BCUT2D eigenvalue weighted by Gasteiger charge is -2.16. The van der Waals surface area contributed by atoms with Crippen molar-refractivity contribution in [2.24, 2.45) is 10.9 Å². The maximum atomic E-state index is 11.4. The van der Waals surface area contributed by atoms with Crippen LogP contribution in [0.25, 0.3) is 44.6 Å². The number of hydrogen-bond acceptors (Lipinski definition) is 10. The number of pyridine rings is 2. The highest BCUT2D eigenvalue weighted by Crippen LogP contribution is 2.38. The fourth-order valence-corrected chi connectivity index (χ4v) is 7.04. The molecule has 0 radical (unpaired) electrons. The van der Waals surface area contributed by atoms with E-state index in [1.807, 2.05) is 48.7 Å². The smallest absolute Gasteiger partial charge is 0.307 e. The summed E-state index contributed by atoms with van der Waals surface area (Å²) in [4.78, 5) is 32.3. The molecule has 5 heterocycles. The van der Waals surface area contributed by atoms with Gasteiger partial charge in [-0.05, 0) is 91.0 Å². The third kappa shape index (κ3) is 5.69. The third-order valence-corrected chi connectivity index (χ3v) is 9.69. The largest absolute Gasteiger partial charge is 0.481 e. The lowest BCUT2D eigenvalue weighted by Crippen LogP contribution is -2.22. The first kappa shape index (κ1) is 31.2. The van der Waals surface area contributed by atoms with Crippen LogP contribution in [-0.2, 0) is 11.3 Å². The fraction of sp³-hybridized carbons (Fsp3) is 0.231. The second kappa shape index (κ2) is 12.7. The number of nitrogens with one attached hydrogen (secondary N) is 2. The van der Waals surface area contributed by atoms with Gasteiger partial charge in [-0.25, -0.2) is 9.97 Å². The molecule has 11 heteroatoms. The van der Waals surface area contributed by atoms with E-state index in [9.17, 15) is 15.2 Å². The number of aromatic nitrogens is 3. The number of nitriles is 1. The van der Waals surface area contributed by atoms with E-state index in [2.05, 4.69) is 63.6 Å². The number of rotatable bonds is 8. The summed E-state index contributed by atoms with van der Waals surface area (Å²) in [6.07, 6.45) is 4.24. The number of carboxylic acid groups (broad SMARTS) is 1. The van der Waals surface area contributed by atoms with Crippen LogP contribution in [0.15, 0.2) is 82.5 Å². The van der Waals surface area contributed by atoms with Crippen LogP contribution in [0.3, 0.4) is 0 Å². The average Bonchev–Trinajstić information content (AvgIpc) is 3.91. The van der Waals surface area contributed by atoms with Gasteiger partial charge < -0.3 is 20.2 Å². The summed E-state index contributed by atoms with van der Waals surface area (Å²) in [5.41, 5.74) is 9.98. The van der Waals surface area contributed by atoms with Crippen LogP contribution in [0.4, 0.5) is 11.5 Å². The van der Waals surface area contributed by atoms with Gasteiger partial charge in [0.05, 0.1) is 18.0 Å². The van der Waals surface area contributed by atoms with Crippen molar-refractivity contribution >= 4 is 45.3 Å². The fourth-order valence-electron chi connectivity index (χ4n) is 7.04. The molecule has 8 rings (SSSR count). The highest BCUT2D eigenvalue weighted by atomic mass is 16.4. The van der Waals surface area contributed by atoms with Crippen molar-refractivity contribution in [3.05, 3.63) is 101 Å². The number of carbonyl (C=O) groups is 1. The molecular weight excluding hydrogens is 628 g/mol. The van der Waals surface area contributed by atoms with Crippen LogP contribution >= 0.6 is 0 Å². The predicted molar refractivity (Wildman–Crippen MR) is 192 cm³/mol. The number of benzene rings is 3. The van der Waals surface area contributed by atoms with Crippen LogP contribution in [0.1, 0.15) is 34.2 Å². The monoisotopic (exact) mass is 662 g/mol. The van der Waals surface area contributed by atoms with Crippen LogP contribution < -0.4 is 10.6 Å². The van der Waals surface area contributed by atoms with E-state index in [1.54, 1.807) is 6.20 Å². The van der Waals surface area contributed by atoms with Crippen molar-refractivity contribution in [2.75, 3.05) is 31.5 Å². The number of oxazole rings is 1. The normalized spacial score (nSPS) is 16.0. The molecule has 0 bridgehead atoms. The number of amidine groups is 1. The van der Waals surface area contributed by atoms with Crippen molar-refractivity contribution < 1.29 is 14.3 Å². The highest BCUT2D eigenvalue weighted by molar-refractivity contribution is 6.03. The Hall–Kier alpha value is -6.12. The van der Waals surface area contributed by atoms with Gasteiger partial charge in [0, 0.05) is 54.2 Å². The molecular formula is C39H34N8O3. The zero-order valence-corrected chi connectivity index (χ0v) is 27.7. The first-order valence-corrected chi connectivity index (χ1v) is 16.7. The molecule has 50 heavy (non-hydrogen) atoms. The van der Waals surface area contributed by atoms with Gasteiger partial charge in [0.15, 0.2) is 11.4 Å². The van der Waals surface area contributed by atoms with Crippen molar-refractivity contribution in [3.8, 4) is 28.7 Å². The molecule has 2 aliphatic heterocycles. The van der Waals surface area contributed by atoms with Crippen LogP contribution in [0.5, 0.6) is 0 Å². The summed E-state index contributed by atoms with van der Waals surface area (Å²) in [5, 5.41) is 27.2. The highest BCUT2D eigenvalue weighted by Gasteiger charge is 2.28. The maximum absolute atomic E-state index is 11.4. The molecule has 0 spiro atoms. The molecule has 0 saturated carbocycles. The summed E-state index contributed by atoms with van der Waals surface area (Å²) in [5.74, 6) is 0.857. The molecule has 2 aliphatic rings. The van der Waals surface area contributed by atoms with E-state index in [-0.39, 0.29) is 5.92 Å². The number of aliphatic carboxylic acids is 1. The summed E-state index contributed by atoms with van der Waals surface area (Å²) in [7, 11) is 0. The number of aliphatic imine (C=N–C) groups is 1. The van der Waals surface area contributed by atoms with Crippen molar-refractivity contribution in [2.45, 2.75) is 26.8 Å². The average molecular weight is 663 g/mol. The standard InChI is InChI=1S/C39H34N8O3/c1-22-29(30-6-4-8-32(23(30)2)45-37-34-25(9-11-41-37)17-28(19-44-34)36-42-12-13-43-36)5-3-7-31(22)38-46-33-16-24(15-27(18-40)35(33)50-38)20-47-14-10-26(21-47)39(48)49/h3-9,11,15-17,19,26H,10,12-14,20-21H2,1-2H3,(H,41,45)(H,42,43)(H,48,49). The van der Waals surface area contributed by atoms with Crippen molar-refractivity contribution in [3.63, 3.8) is 0 Å². The minimum absolute atomic E-state index is 0.362. The minimum Gasteiger partial charge on any atom is -0.481 e. The number of fused-ring (bicyclic) bond motifs is 2. The molecule has 3 aromatic carbocycles. The quantitative estimate of drug-likeness (QED) is 0.163. The Morgan fingerprint density at radius 2 is 1.90 bits per heavy atom. The molecule has 3 aromatic heterocycles. The Labute approximate surface area is 288 Å². The number of anilines is 2. The van der Waals surface area contributed by atoms with E-state index in [4.69, 9.17) is 14.4 Å². The number of nitrogens with zero attached hydrogens (tertiary/aromatic N) is 6. The molecule has 11 nitrogen and oxygen atoms in total. The summed E-state index contributed by atoms with van der Waals surface area (Å²) in [6.45, 7) is 7.49. The second-order valence-electron chi connectivity index (χ2n) is 12.9. The van der Waals surface area contributed by atoms with Crippen LogP contribution in [0, 0.1) is 31.1 Å². The Bertz CT molecular complexity index is 2390. The zero-order chi connectivity index (χ0) is 34.4. The Morgan fingerprint density at radius 3 is 2.68 bits per heavy atom. The van der Waals surface area contributed by atoms with E-state index in [0.717, 1.165) is 74.5 Å². The van der Waals surface area contributed by atoms with Gasteiger partial charge in [0.25, 0.3) is 0 Å². The molecule has 248 valence electrons. The first-order chi connectivity index (χ1) is 24.4. The van der Waals surface area contributed by atoms with Crippen molar-refractivity contribution in [1.82, 2.24) is 25.2 Å². The van der Waals surface area contributed by atoms with E-state index in [1.165, 1.54) is 0 Å². The molecule has 0 amide bonds. The van der Waals surface area contributed by atoms with Crippen LogP contribution in [-0.4, -0.2) is 62.9 Å². The van der Waals surface area contributed by atoms with Gasteiger partial charge in [-0.2, -0.15) is 5.26 Å². The van der Waals surface area contributed by atoms with Gasteiger partial charge in [0.1, 0.15) is 22.9 Å². The summed E-state index contributed by atoms with van der Waals surface area (Å²) >= 11 is 0. The first-order valence-electron chi connectivity index (χ1n) is 16.7. The van der Waals surface area contributed by atoms with Gasteiger partial charge >= 0.3 is 5.97 Å². The minimum atomic E-state index is -0.765.